The number of benzene rings is 1. The van der Waals surface area contributed by atoms with Crippen LogP contribution in [-0.4, -0.2) is 33.9 Å². The normalized spacial score (nSPS) is 16.6. The molecule has 1 fully saturated rings. The zero-order chi connectivity index (χ0) is 21.0. The number of aromatic amines is 1. The van der Waals surface area contributed by atoms with Crippen molar-refractivity contribution in [1.82, 2.24) is 14.9 Å². The van der Waals surface area contributed by atoms with Gasteiger partial charge in [-0.05, 0) is 55.7 Å². The predicted molar refractivity (Wildman–Crippen MR) is 120 cm³/mol. The van der Waals surface area contributed by atoms with Crippen molar-refractivity contribution in [1.29, 1.82) is 0 Å². The summed E-state index contributed by atoms with van der Waals surface area (Å²) in [6, 6.07) is 7.92. The van der Waals surface area contributed by atoms with Crippen molar-refractivity contribution in [2.45, 2.75) is 72.6 Å². The van der Waals surface area contributed by atoms with E-state index in [0.717, 1.165) is 35.7 Å². The third-order valence-corrected chi connectivity index (χ3v) is 6.44. The Morgan fingerprint density at radius 1 is 1.10 bits per heavy atom. The topological polar surface area (TPSA) is 49.0 Å². The largest absolute Gasteiger partial charge is 0.342 e. The smallest absolute Gasteiger partial charge is 0.253 e. The van der Waals surface area contributed by atoms with Crippen LogP contribution in [0.15, 0.2) is 30.5 Å². The molecule has 0 bridgehead atoms. The molecule has 0 aliphatic heterocycles. The van der Waals surface area contributed by atoms with Gasteiger partial charge in [0.2, 0.25) is 0 Å². The van der Waals surface area contributed by atoms with Gasteiger partial charge in [-0.2, -0.15) is 0 Å². The molecule has 0 saturated heterocycles. The highest BCUT2D eigenvalue weighted by Gasteiger charge is 2.36. The third kappa shape index (κ3) is 4.91. The summed E-state index contributed by atoms with van der Waals surface area (Å²) in [6.45, 7) is 12.5. The summed E-state index contributed by atoms with van der Waals surface area (Å²) in [5, 5.41) is 0. The molecule has 1 atom stereocenters. The van der Waals surface area contributed by atoms with E-state index in [1.165, 1.54) is 32.1 Å². The molecule has 1 aliphatic carbocycles. The summed E-state index contributed by atoms with van der Waals surface area (Å²) in [6.07, 6.45) is 8.62. The molecule has 1 amide bonds. The fraction of sp³-hybridized carbons (Fsp3) is 0.600. The number of nitrogens with zero attached hydrogens (tertiary/aromatic N) is 2. The van der Waals surface area contributed by atoms with E-state index < -0.39 is 0 Å². The van der Waals surface area contributed by atoms with Crippen molar-refractivity contribution in [3.8, 4) is 11.3 Å². The standard InChI is InChI=1S/C25H37N3O/c1-6-28(7-2)24(29)20-15-13-18(14-16-20)21-17-26-23(27-21)22(25(3,4)5)19-11-9-8-10-12-19/h13-17,19,22H,6-12H2,1-5H3,(H,26,27). The first-order chi connectivity index (χ1) is 13.8. The first-order valence-corrected chi connectivity index (χ1v) is 11.3. The third-order valence-electron chi connectivity index (χ3n) is 6.44. The minimum Gasteiger partial charge on any atom is -0.342 e. The van der Waals surface area contributed by atoms with Gasteiger partial charge in [0.25, 0.3) is 5.91 Å². The maximum absolute atomic E-state index is 12.5. The van der Waals surface area contributed by atoms with Gasteiger partial charge in [0.1, 0.15) is 5.82 Å². The van der Waals surface area contributed by atoms with Gasteiger partial charge in [0.15, 0.2) is 0 Å². The summed E-state index contributed by atoms with van der Waals surface area (Å²) in [7, 11) is 0. The number of hydrogen-bond acceptors (Lipinski definition) is 2. The van der Waals surface area contributed by atoms with Crippen LogP contribution in [0.1, 0.15) is 88.8 Å². The molecule has 1 saturated carbocycles. The monoisotopic (exact) mass is 395 g/mol. The Hall–Kier alpha value is -2.10. The molecule has 1 aromatic heterocycles. The summed E-state index contributed by atoms with van der Waals surface area (Å²) in [5.74, 6) is 2.36. The molecular formula is C25H37N3O. The highest BCUT2D eigenvalue weighted by molar-refractivity contribution is 5.94. The van der Waals surface area contributed by atoms with Gasteiger partial charge in [-0.15, -0.1) is 0 Å². The van der Waals surface area contributed by atoms with Crippen molar-refractivity contribution in [2.75, 3.05) is 13.1 Å². The number of amides is 1. The molecule has 1 aromatic carbocycles. The van der Waals surface area contributed by atoms with Gasteiger partial charge in [0, 0.05) is 24.6 Å². The zero-order valence-electron chi connectivity index (χ0n) is 18.8. The van der Waals surface area contributed by atoms with Gasteiger partial charge >= 0.3 is 0 Å². The van der Waals surface area contributed by atoms with Crippen molar-refractivity contribution >= 4 is 5.91 Å². The molecule has 1 aliphatic rings. The van der Waals surface area contributed by atoms with Crippen LogP contribution in [0.3, 0.4) is 0 Å². The van der Waals surface area contributed by atoms with E-state index in [4.69, 9.17) is 4.98 Å². The van der Waals surface area contributed by atoms with Crippen molar-refractivity contribution < 1.29 is 4.79 Å². The molecule has 4 heteroatoms. The molecule has 158 valence electrons. The molecule has 0 radical (unpaired) electrons. The van der Waals surface area contributed by atoms with Crippen LogP contribution < -0.4 is 0 Å². The quantitative estimate of drug-likeness (QED) is 0.627. The average molecular weight is 396 g/mol. The van der Waals surface area contributed by atoms with Gasteiger partial charge in [-0.3, -0.25) is 4.79 Å². The van der Waals surface area contributed by atoms with Crippen molar-refractivity contribution in [2.24, 2.45) is 11.3 Å². The predicted octanol–water partition coefficient (Wildman–Crippen LogP) is 6.27. The molecule has 1 unspecified atom stereocenters. The van der Waals surface area contributed by atoms with E-state index in [0.29, 0.717) is 11.8 Å². The van der Waals surface area contributed by atoms with Crippen LogP contribution in [0.2, 0.25) is 0 Å². The Bertz CT molecular complexity index is 790. The maximum Gasteiger partial charge on any atom is 0.253 e. The Morgan fingerprint density at radius 3 is 2.28 bits per heavy atom. The summed E-state index contributed by atoms with van der Waals surface area (Å²) < 4.78 is 0. The number of carbonyl (C=O) groups excluding carboxylic acids is 1. The fourth-order valence-electron chi connectivity index (χ4n) is 4.94. The lowest BCUT2D eigenvalue weighted by atomic mass is 9.68. The molecule has 1 heterocycles. The Balaban J connectivity index is 1.82. The number of hydrogen-bond donors (Lipinski definition) is 1. The number of rotatable bonds is 6. The second kappa shape index (κ2) is 9.15. The Morgan fingerprint density at radius 2 is 1.72 bits per heavy atom. The maximum atomic E-state index is 12.5. The van der Waals surface area contributed by atoms with E-state index >= 15 is 0 Å². The number of aromatic nitrogens is 2. The minimum absolute atomic E-state index is 0.0944. The number of H-pyrrole nitrogens is 1. The summed E-state index contributed by atoms with van der Waals surface area (Å²) in [5.41, 5.74) is 3.03. The molecule has 29 heavy (non-hydrogen) atoms. The number of carbonyl (C=O) groups is 1. The van der Waals surface area contributed by atoms with E-state index in [-0.39, 0.29) is 11.3 Å². The average Bonchev–Trinajstić information content (AvgIpc) is 3.18. The van der Waals surface area contributed by atoms with Crippen LogP contribution in [0.25, 0.3) is 11.3 Å². The molecule has 4 nitrogen and oxygen atoms in total. The van der Waals surface area contributed by atoms with Crippen LogP contribution in [-0.2, 0) is 0 Å². The number of nitrogens with one attached hydrogen (secondary N) is 1. The molecule has 0 spiro atoms. The summed E-state index contributed by atoms with van der Waals surface area (Å²) >= 11 is 0. The highest BCUT2D eigenvalue weighted by atomic mass is 16.2. The van der Waals surface area contributed by atoms with Crippen molar-refractivity contribution in [3.63, 3.8) is 0 Å². The zero-order valence-corrected chi connectivity index (χ0v) is 18.8. The highest BCUT2D eigenvalue weighted by Crippen LogP contribution is 2.45. The van der Waals surface area contributed by atoms with Crippen molar-refractivity contribution in [3.05, 3.63) is 41.9 Å². The minimum atomic E-state index is 0.0944. The number of imidazole rings is 1. The lowest BCUT2D eigenvalue weighted by molar-refractivity contribution is 0.0773. The second-order valence-electron chi connectivity index (χ2n) is 9.48. The lowest BCUT2D eigenvalue weighted by Gasteiger charge is -2.38. The summed E-state index contributed by atoms with van der Waals surface area (Å²) in [4.78, 5) is 22.8. The van der Waals surface area contributed by atoms with Gasteiger partial charge in [0.05, 0.1) is 11.9 Å². The van der Waals surface area contributed by atoms with Gasteiger partial charge in [-0.25, -0.2) is 4.98 Å². The Kier molecular flexibility index (Phi) is 6.81. The lowest BCUT2D eigenvalue weighted by Crippen LogP contribution is -2.30. The molecule has 1 N–H and O–H groups in total. The van der Waals surface area contributed by atoms with Crippen LogP contribution >= 0.6 is 0 Å². The van der Waals surface area contributed by atoms with Gasteiger partial charge in [-0.1, -0.05) is 52.2 Å². The van der Waals surface area contributed by atoms with E-state index in [2.05, 4.69) is 25.8 Å². The molecular weight excluding hydrogens is 358 g/mol. The first-order valence-electron chi connectivity index (χ1n) is 11.3. The van der Waals surface area contributed by atoms with Gasteiger partial charge < -0.3 is 9.88 Å². The fourth-order valence-corrected chi connectivity index (χ4v) is 4.94. The van der Waals surface area contributed by atoms with E-state index in [1.807, 2.05) is 49.2 Å². The Labute approximate surface area is 176 Å². The van der Waals surface area contributed by atoms with E-state index in [1.54, 1.807) is 0 Å². The van der Waals surface area contributed by atoms with Crippen LogP contribution in [0, 0.1) is 11.3 Å². The molecule has 2 aromatic rings. The van der Waals surface area contributed by atoms with Crippen LogP contribution in [0.5, 0.6) is 0 Å². The van der Waals surface area contributed by atoms with E-state index in [9.17, 15) is 4.79 Å². The SMILES string of the molecule is CCN(CC)C(=O)c1ccc(-c2cnc(C(C3CCCCC3)C(C)(C)C)[nH]2)cc1. The second-order valence-corrected chi connectivity index (χ2v) is 9.48. The van der Waals surface area contributed by atoms with Crippen LogP contribution in [0.4, 0.5) is 0 Å². The first kappa shape index (κ1) is 21.6. The molecule has 3 rings (SSSR count).